The van der Waals surface area contributed by atoms with E-state index in [0.29, 0.717) is 18.7 Å². The van der Waals surface area contributed by atoms with E-state index in [1.54, 1.807) is 6.20 Å². The lowest BCUT2D eigenvalue weighted by Gasteiger charge is -2.06. The summed E-state index contributed by atoms with van der Waals surface area (Å²) in [7, 11) is 0. The Morgan fingerprint density at radius 2 is 1.96 bits per heavy atom. The van der Waals surface area contributed by atoms with Crippen LogP contribution < -0.4 is 10.6 Å². The molecule has 0 aliphatic carbocycles. The Morgan fingerprint density at radius 3 is 2.70 bits per heavy atom. The van der Waals surface area contributed by atoms with Crippen molar-refractivity contribution in [3.8, 4) is 0 Å². The van der Waals surface area contributed by atoms with E-state index in [1.807, 2.05) is 53.3 Å². The van der Waals surface area contributed by atoms with Crippen molar-refractivity contribution in [1.29, 1.82) is 0 Å². The highest BCUT2D eigenvalue weighted by Crippen LogP contribution is 2.22. The first-order valence-corrected chi connectivity index (χ1v) is 9.31. The summed E-state index contributed by atoms with van der Waals surface area (Å²) in [6, 6.07) is 10.6. The number of hydrogen-bond donors (Lipinski definition) is 2. The average molecular weight is 385 g/mol. The summed E-state index contributed by atoms with van der Waals surface area (Å²) in [5, 5.41) is 7.36. The fourth-order valence-corrected chi connectivity index (χ4v) is 3.31. The molecule has 0 saturated carbocycles. The molecule has 0 spiro atoms. The molecule has 0 atom stereocenters. The molecular weight excluding hydrogens is 366 g/mol. The third-order valence-corrected chi connectivity index (χ3v) is 4.82. The van der Waals surface area contributed by atoms with E-state index in [9.17, 15) is 14.4 Å². The second kappa shape index (κ2) is 8.50. The predicted octanol–water partition coefficient (Wildman–Crippen LogP) is 2.91. The monoisotopic (exact) mass is 385 g/mol. The number of hydrogen-bond acceptors (Lipinski definition) is 5. The Labute approximate surface area is 159 Å². The van der Waals surface area contributed by atoms with E-state index in [0.717, 1.165) is 15.8 Å². The van der Waals surface area contributed by atoms with Gasteiger partial charge in [0.2, 0.25) is 0 Å². The van der Waals surface area contributed by atoms with E-state index in [4.69, 9.17) is 4.74 Å². The van der Waals surface area contributed by atoms with Crippen LogP contribution in [-0.2, 0) is 22.6 Å². The number of thiophene rings is 1. The molecule has 3 rings (SSSR count). The van der Waals surface area contributed by atoms with Crippen molar-refractivity contribution in [3.05, 3.63) is 58.4 Å². The van der Waals surface area contributed by atoms with Gasteiger partial charge < -0.3 is 14.6 Å². The Kier molecular flexibility index (Phi) is 5.87. The molecule has 0 bridgehead atoms. The zero-order valence-electron chi connectivity index (χ0n) is 14.7. The highest BCUT2D eigenvalue weighted by atomic mass is 32.1. The number of imide groups is 1. The molecule has 27 heavy (non-hydrogen) atoms. The van der Waals surface area contributed by atoms with Gasteiger partial charge in [0.1, 0.15) is 0 Å². The van der Waals surface area contributed by atoms with Crippen LogP contribution in [0, 0.1) is 0 Å². The summed E-state index contributed by atoms with van der Waals surface area (Å²) in [5.74, 6) is -1.29. The second-order valence-electron chi connectivity index (χ2n) is 5.73. The fraction of sp³-hybridized carbons (Fsp3) is 0.211. The van der Waals surface area contributed by atoms with Crippen molar-refractivity contribution in [2.75, 3.05) is 6.61 Å². The molecule has 0 aliphatic heterocycles. The van der Waals surface area contributed by atoms with Crippen LogP contribution in [0.1, 0.15) is 22.2 Å². The highest BCUT2D eigenvalue weighted by Gasteiger charge is 2.17. The third-order valence-electron chi connectivity index (χ3n) is 3.94. The lowest BCUT2D eigenvalue weighted by Crippen LogP contribution is -2.41. The van der Waals surface area contributed by atoms with E-state index < -0.39 is 24.5 Å². The molecule has 2 N–H and O–H groups in total. The van der Waals surface area contributed by atoms with E-state index in [1.165, 1.54) is 11.3 Å². The molecule has 0 aliphatic rings. The maximum atomic E-state index is 12.3. The molecule has 1 aromatic carbocycles. The topological polar surface area (TPSA) is 89.4 Å². The molecular formula is C19H19N3O4S. The molecule has 8 heteroatoms. The molecule has 2 aromatic heterocycles. The maximum absolute atomic E-state index is 12.3. The zero-order valence-corrected chi connectivity index (χ0v) is 15.5. The third kappa shape index (κ3) is 4.53. The molecule has 140 valence electrons. The minimum atomic E-state index is -0.689. The number of amides is 3. The first kappa shape index (κ1) is 18.7. The van der Waals surface area contributed by atoms with Gasteiger partial charge in [0.05, 0.1) is 12.1 Å². The molecule has 0 radical (unpaired) electrons. The Morgan fingerprint density at radius 1 is 1.15 bits per heavy atom. The number of para-hydroxylation sites is 1. The van der Waals surface area contributed by atoms with Crippen LogP contribution in [0.3, 0.4) is 0 Å². The van der Waals surface area contributed by atoms with Gasteiger partial charge in [-0.25, -0.2) is 9.59 Å². The number of urea groups is 1. The normalized spacial score (nSPS) is 10.6. The van der Waals surface area contributed by atoms with Gasteiger partial charge in [-0.1, -0.05) is 24.3 Å². The molecule has 3 amide bonds. The van der Waals surface area contributed by atoms with Crippen LogP contribution in [0.4, 0.5) is 4.79 Å². The maximum Gasteiger partial charge on any atom is 0.340 e. The molecule has 0 fully saturated rings. The van der Waals surface area contributed by atoms with Crippen LogP contribution in [0.2, 0.25) is 0 Å². The number of fused-ring (bicyclic) bond motifs is 1. The van der Waals surface area contributed by atoms with Crippen molar-refractivity contribution >= 4 is 40.1 Å². The van der Waals surface area contributed by atoms with Crippen molar-refractivity contribution in [2.45, 2.75) is 20.0 Å². The van der Waals surface area contributed by atoms with Gasteiger partial charge in [-0.3, -0.25) is 10.1 Å². The summed E-state index contributed by atoms with van der Waals surface area (Å²) < 4.78 is 7.00. The van der Waals surface area contributed by atoms with Gasteiger partial charge in [-0.15, -0.1) is 11.3 Å². The summed E-state index contributed by atoms with van der Waals surface area (Å²) in [6.45, 7) is 2.48. The van der Waals surface area contributed by atoms with Gasteiger partial charge >= 0.3 is 12.0 Å². The van der Waals surface area contributed by atoms with Crippen LogP contribution in [0.5, 0.6) is 0 Å². The average Bonchev–Trinajstić information content (AvgIpc) is 3.32. The number of benzene rings is 1. The number of nitrogens with one attached hydrogen (secondary N) is 2. The highest BCUT2D eigenvalue weighted by molar-refractivity contribution is 7.09. The van der Waals surface area contributed by atoms with Gasteiger partial charge in [0.15, 0.2) is 6.61 Å². The van der Waals surface area contributed by atoms with E-state index in [2.05, 4.69) is 10.6 Å². The van der Waals surface area contributed by atoms with Crippen LogP contribution >= 0.6 is 11.3 Å². The van der Waals surface area contributed by atoms with Crippen molar-refractivity contribution in [3.63, 3.8) is 0 Å². The second-order valence-corrected chi connectivity index (χ2v) is 6.76. The zero-order chi connectivity index (χ0) is 19.2. The summed E-state index contributed by atoms with van der Waals surface area (Å²) in [5.41, 5.74) is 1.31. The Hall–Kier alpha value is -3.13. The van der Waals surface area contributed by atoms with Crippen LogP contribution in [-0.4, -0.2) is 29.1 Å². The van der Waals surface area contributed by atoms with Crippen LogP contribution in [0.15, 0.2) is 48.0 Å². The van der Waals surface area contributed by atoms with Crippen molar-refractivity contribution in [2.24, 2.45) is 0 Å². The van der Waals surface area contributed by atoms with Gasteiger partial charge in [-0.2, -0.15) is 0 Å². The number of carbonyl (C=O) groups excluding carboxylic acids is 3. The smallest absolute Gasteiger partial charge is 0.340 e. The SMILES string of the molecule is CCn1cc(C(=O)OCC(=O)NC(=O)NCc2cccs2)c2ccccc21. The number of aromatic nitrogens is 1. The minimum absolute atomic E-state index is 0.326. The molecule has 3 aromatic rings. The Balaban J connectivity index is 1.53. The number of aryl methyl sites for hydroxylation is 1. The molecule has 0 unspecified atom stereocenters. The lowest BCUT2D eigenvalue weighted by molar-refractivity contribution is -0.123. The minimum Gasteiger partial charge on any atom is -0.452 e. The predicted molar refractivity (Wildman–Crippen MR) is 103 cm³/mol. The Bertz CT molecular complexity index is 963. The number of rotatable bonds is 6. The number of esters is 1. The first-order chi connectivity index (χ1) is 13.1. The fourth-order valence-electron chi connectivity index (χ4n) is 2.67. The van der Waals surface area contributed by atoms with Crippen molar-refractivity contribution in [1.82, 2.24) is 15.2 Å². The van der Waals surface area contributed by atoms with Crippen LogP contribution in [0.25, 0.3) is 10.9 Å². The summed E-state index contributed by atoms with van der Waals surface area (Å²) in [4.78, 5) is 36.8. The van der Waals surface area contributed by atoms with Gasteiger partial charge in [0.25, 0.3) is 5.91 Å². The number of nitrogens with zero attached hydrogens (tertiary/aromatic N) is 1. The van der Waals surface area contributed by atoms with Gasteiger partial charge in [-0.05, 0) is 24.4 Å². The number of ether oxygens (including phenoxy) is 1. The van der Waals surface area contributed by atoms with E-state index >= 15 is 0 Å². The molecule has 7 nitrogen and oxygen atoms in total. The number of carbonyl (C=O) groups is 3. The standard InChI is InChI=1S/C19H19N3O4S/c1-2-22-11-15(14-7-3-4-8-16(14)22)18(24)26-12-17(23)21-19(25)20-10-13-6-5-9-27-13/h3-9,11H,2,10,12H2,1H3,(H2,20,21,23,25). The van der Waals surface area contributed by atoms with E-state index in [-0.39, 0.29) is 0 Å². The lowest BCUT2D eigenvalue weighted by atomic mass is 10.2. The molecule has 2 heterocycles. The quantitative estimate of drug-likeness (QED) is 0.639. The summed E-state index contributed by atoms with van der Waals surface area (Å²) in [6.07, 6.45) is 1.71. The van der Waals surface area contributed by atoms with Crippen molar-refractivity contribution < 1.29 is 19.1 Å². The summed E-state index contributed by atoms with van der Waals surface area (Å²) >= 11 is 1.50. The first-order valence-electron chi connectivity index (χ1n) is 8.43. The molecule has 0 saturated heterocycles. The largest absolute Gasteiger partial charge is 0.452 e. The van der Waals surface area contributed by atoms with Gasteiger partial charge in [0, 0.05) is 28.5 Å².